The summed E-state index contributed by atoms with van der Waals surface area (Å²) >= 11 is 3.42. The van der Waals surface area contributed by atoms with Gasteiger partial charge in [0.15, 0.2) is 0 Å². The molecule has 7 nitrogen and oxygen atoms in total. The number of para-hydroxylation sites is 1. The Labute approximate surface area is 215 Å². The van der Waals surface area contributed by atoms with E-state index < -0.39 is 27.4 Å². The maximum absolute atomic E-state index is 14.3. The highest BCUT2D eigenvalue weighted by molar-refractivity contribution is 9.10. The van der Waals surface area contributed by atoms with Gasteiger partial charge in [0.2, 0.25) is 21.8 Å². The van der Waals surface area contributed by atoms with E-state index in [1.54, 1.807) is 13.0 Å². The quantitative estimate of drug-likeness (QED) is 0.457. The van der Waals surface area contributed by atoms with Crippen LogP contribution in [-0.2, 0) is 26.2 Å². The minimum Gasteiger partial charge on any atom is -0.350 e. The standard InChI is InChI=1S/C25H33BrFN3O4S/c1-18(24(32)28-25(2,3)4)29(17-19-10-8-11-20(26)16-19)23(31)14-9-15-30(35(5,33)34)22-13-7-6-12-21(22)27/h6-8,10-13,16,18H,9,14-15,17H2,1-5H3,(H,28,32)/t18-/m1/s1. The van der Waals surface area contributed by atoms with Crippen molar-refractivity contribution in [2.45, 2.75) is 58.7 Å². The molecule has 0 unspecified atom stereocenters. The van der Waals surface area contributed by atoms with Crippen molar-refractivity contribution in [3.63, 3.8) is 0 Å². The molecular formula is C25H33BrFN3O4S. The zero-order valence-electron chi connectivity index (χ0n) is 20.7. The number of nitrogens with one attached hydrogen (secondary N) is 1. The van der Waals surface area contributed by atoms with Crippen molar-refractivity contribution in [3.05, 3.63) is 64.4 Å². The molecule has 0 aliphatic rings. The number of anilines is 1. The van der Waals surface area contributed by atoms with Gasteiger partial charge in [0.05, 0.1) is 11.9 Å². The molecule has 1 N–H and O–H groups in total. The Hall–Kier alpha value is -2.46. The van der Waals surface area contributed by atoms with Gasteiger partial charge >= 0.3 is 0 Å². The highest BCUT2D eigenvalue weighted by Crippen LogP contribution is 2.22. The Morgan fingerprint density at radius 1 is 1.11 bits per heavy atom. The first-order chi connectivity index (χ1) is 16.2. The molecule has 2 aromatic carbocycles. The summed E-state index contributed by atoms with van der Waals surface area (Å²) in [5, 5.41) is 2.90. The van der Waals surface area contributed by atoms with Gasteiger partial charge in [0, 0.05) is 29.5 Å². The third kappa shape index (κ3) is 8.92. The Bertz CT molecular complexity index is 1150. The number of sulfonamides is 1. The van der Waals surface area contributed by atoms with Crippen molar-refractivity contribution in [1.82, 2.24) is 10.2 Å². The number of hydrogen-bond acceptors (Lipinski definition) is 4. The molecule has 0 radical (unpaired) electrons. The van der Waals surface area contributed by atoms with E-state index in [2.05, 4.69) is 21.2 Å². The van der Waals surface area contributed by atoms with Crippen LogP contribution in [0.25, 0.3) is 0 Å². The molecule has 0 aliphatic carbocycles. The maximum atomic E-state index is 14.3. The minimum atomic E-state index is -3.76. The smallest absolute Gasteiger partial charge is 0.242 e. The van der Waals surface area contributed by atoms with Crippen LogP contribution < -0.4 is 9.62 Å². The van der Waals surface area contributed by atoms with Gasteiger partial charge in [-0.25, -0.2) is 12.8 Å². The van der Waals surface area contributed by atoms with Crippen LogP contribution in [0, 0.1) is 5.82 Å². The molecule has 0 aliphatic heterocycles. The Morgan fingerprint density at radius 2 is 1.77 bits per heavy atom. The molecule has 0 spiro atoms. The van der Waals surface area contributed by atoms with E-state index in [0.29, 0.717) is 0 Å². The summed E-state index contributed by atoms with van der Waals surface area (Å²) < 4.78 is 40.7. The van der Waals surface area contributed by atoms with Crippen LogP contribution in [0.1, 0.15) is 46.1 Å². The summed E-state index contributed by atoms with van der Waals surface area (Å²) in [6, 6.07) is 12.3. The number of hydrogen-bond donors (Lipinski definition) is 1. The lowest BCUT2D eigenvalue weighted by molar-refractivity contribution is -0.141. The number of carbonyl (C=O) groups is 2. The number of halogens is 2. The second kappa shape index (κ2) is 12.0. The number of benzene rings is 2. The number of nitrogens with zero attached hydrogens (tertiary/aromatic N) is 2. The van der Waals surface area contributed by atoms with E-state index in [1.807, 2.05) is 45.0 Å². The summed E-state index contributed by atoms with van der Waals surface area (Å²) in [4.78, 5) is 27.6. The van der Waals surface area contributed by atoms with Crippen LogP contribution in [0.5, 0.6) is 0 Å². The third-order valence-electron chi connectivity index (χ3n) is 5.18. The molecular weight excluding hydrogens is 537 g/mol. The minimum absolute atomic E-state index is 0.0123. The molecule has 0 saturated carbocycles. The van der Waals surface area contributed by atoms with Gasteiger partial charge in [0.1, 0.15) is 11.9 Å². The third-order valence-corrected chi connectivity index (χ3v) is 6.85. The van der Waals surface area contributed by atoms with Crippen LogP contribution in [0.2, 0.25) is 0 Å². The van der Waals surface area contributed by atoms with Gasteiger partial charge in [-0.2, -0.15) is 0 Å². The Morgan fingerprint density at radius 3 is 2.34 bits per heavy atom. The van der Waals surface area contributed by atoms with Crippen molar-refractivity contribution < 1.29 is 22.4 Å². The van der Waals surface area contributed by atoms with Crippen molar-refractivity contribution in [2.75, 3.05) is 17.1 Å². The van der Waals surface area contributed by atoms with Crippen molar-refractivity contribution in [3.8, 4) is 0 Å². The lowest BCUT2D eigenvalue weighted by atomic mass is 10.1. The predicted molar refractivity (Wildman–Crippen MR) is 140 cm³/mol. The molecule has 192 valence electrons. The second-order valence-electron chi connectivity index (χ2n) is 9.46. The van der Waals surface area contributed by atoms with Crippen LogP contribution in [0.3, 0.4) is 0 Å². The first kappa shape index (κ1) is 28.8. The number of amides is 2. The molecule has 1 atom stereocenters. The highest BCUT2D eigenvalue weighted by atomic mass is 79.9. The van der Waals surface area contributed by atoms with Gasteiger partial charge < -0.3 is 10.2 Å². The first-order valence-corrected chi connectivity index (χ1v) is 13.9. The van der Waals surface area contributed by atoms with Crippen LogP contribution in [0.4, 0.5) is 10.1 Å². The zero-order chi connectivity index (χ0) is 26.4. The van der Waals surface area contributed by atoms with Gasteiger partial charge in [0.25, 0.3) is 0 Å². The van der Waals surface area contributed by atoms with Crippen LogP contribution >= 0.6 is 15.9 Å². The number of rotatable bonds is 10. The van der Waals surface area contributed by atoms with E-state index in [4.69, 9.17) is 0 Å². The average molecular weight is 571 g/mol. The lowest BCUT2D eigenvalue weighted by Gasteiger charge is -2.32. The number of carbonyl (C=O) groups excluding carboxylic acids is 2. The van der Waals surface area contributed by atoms with Crippen molar-refractivity contribution >= 4 is 43.5 Å². The second-order valence-corrected chi connectivity index (χ2v) is 12.3. The van der Waals surface area contributed by atoms with E-state index >= 15 is 0 Å². The fourth-order valence-corrected chi connectivity index (χ4v) is 4.94. The molecule has 0 bridgehead atoms. The SMILES string of the molecule is C[C@H](C(=O)NC(C)(C)C)N(Cc1cccc(Br)c1)C(=O)CCCN(c1ccccc1F)S(C)(=O)=O. The average Bonchev–Trinajstić information content (AvgIpc) is 2.73. The van der Waals surface area contributed by atoms with E-state index in [1.165, 1.54) is 23.1 Å². The van der Waals surface area contributed by atoms with Crippen molar-refractivity contribution in [2.24, 2.45) is 0 Å². The van der Waals surface area contributed by atoms with E-state index in [0.717, 1.165) is 20.6 Å². The molecule has 2 rings (SSSR count). The lowest BCUT2D eigenvalue weighted by Crippen LogP contribution is -2.52. The zero-order valence-corrected chi connectivity index (χ0v) is 23.1. The summed E-state index contributed by atoms with van der Waals surface area (Å²) in [5.74, 6) is -1.25. The molecule has 10 heteroatoms. The van der Waals surface area contributed by atoms with Gasteiger partial charge in [-0.1, -0.05) is 40.2 Å². The molecule has 2 aromatic rings. The molecule has 0 aromatic heterocycles. The molecule has 0 fully saturated rings. The maximum Gasteiger partial charge on any atom is 0.242 e. The van der Waals surface area contributed by atoms with Crippen LogP contribution in [-0.4, -0.2) is 49.5 Å². The fourth-order valence-electron chi connectivity index (χ4n) is 3.53. The van der Waals surface area contributed by atoms with E-state index in [-0.39, 0.29) is 43.4 Å². The van der Waals surface area contributed by atoms with Gasteiger partial charge in [-0.15, -0.1) is 0 Å². The fraction of sp³-hybridized carbons (Fsp3) is 0.440. The topological polar surface area (TPSA) is 86.8 Å². The largest absolute Gasteiger partial charge is 0.350 e. The molecule has 35 heavy (non-hydrogen) atoms. The van der Waals surface area contributed by atoms with E-state index in [9.17, 15) is 22.4 Å². The normalized spacial score (nSPS) is 12.7. The molecule has 2 amide bonds. The van der Waals surface area contributed by atoms with Crippen LogP contribution in [0.15, 0.2) is 53.0 Å². The summed E-state index contributed by atoms with van der Waals surface area (Å²) in [5.41, 5.74) is 0.310. The Kier molecular flexibility index (Phi) is 9.85. The highest BCUT2D eigenvalue weighted by Gasteiger charge is 2.29. The Balaban J connectivity index is 2.20. The summed E-state index contributed by atoms with van der Waals surface area (Å²) in [7, 11) is -3.76. The monoisotopic (exact) mass is 569 g/mol. The molecule has 0 saturated heterocycles. The predicted octanol–water partition coefficient (Wildman–Crippen LogP) is 4.47. The summed E-state index contributed by atoms with van der Waals surface area (Å²) in [6.07, 6.45) is 1.14. The first-order valence-electron chi connectivity index (χ1n) is 11.3. The molecule has 0 heterocycles. The van der Waals surface area contributed by atoms with Gasteiger partial charge in [-0.05, 0) is 63.9 Å². The van der Waals surface area contributed by atoms with Crippen molar-refractivity contribution in [1.29, 1.82) is 0 Å². The van der Waals surface area contributed by atoms with Gasteiger partial charge in [-0.3, -0.25) is 13.9 Å². The summed E-state index contributed by atoms with van der Waals surface area (Å²) in [6.45, 7) is 7.39.